The third-order valence-corrected chi connectivity index (χ3v) is 6.47. The molecule has 1 aliphatic heterocycles. The molecule has 0 spiro atoms. The van der Waals surface area contributed by atoms with Crippen molar-refractivity contribution in [3.63, 3.8) is 0 Å². The zero-order valence-corrected chi connectivity index (χ0v) is 16.5. The Kier molecular flexibility index (Phi) is 4.36. The smallest absolute Gasteiger partial charge is 0.337 e. The molecule has 4 aliphatic rings. The average molecular weight is 425 g/mol. The zero-order valence-electron chi connectivity index (χ0n) is 15.7. The highest BCUT2D eigenvalue weighted by molar-refractivity contribution is 6.33. The van der Waals surface area contributed by atoms with E-state index in [1.807, 2.05) is 0 Å². The fourth-order valence-electron chi connectivity index (χ4n) is 4.71. The fraction of sp³-hybridized carbons (Fsp3) is 0.273. The van der Waals surface area contributed by atoms with Crippen molar-refractivity contribution in [2.24, 2.45) is 28.8 Å². The van der Waals surface area contributed by atoms with Crippen LogP contribution in [0.3, 0.4) is 0 Å². The Morgan fingerprint density at radius 1 is 1.10 bits per heavy atom. The second kappa shape index (κ2) is 6.95. The lowest BCUT2D eigenvalue weighted by Crippen LogP contribution is -2.38. The maximum atomic E-state index is 12.8. The van der Waals surface area contributed by atoms with Gasteiger partial charge in [-0.25, -0.2) is 4.79 Å². The van der Waals surface area contributed by atoms with Crippen molar-refractivity contribution in [2.45, 2.75) is 12.8 Å². The third-order valence-electron chi connectivity index (χ3n) is 6.14. The normalized spacial score (nSPS) is 27.3. The summed E-state index contributed by atoms with van der Waals surface area (Å²) in [7, 11) is 0. The fourth-order valence-corrected chi connectivity index (χ4v) is 4.91. The molecule has 7 nitrogen and oxygen atoms in total. The maximum absolute atomic E-state index is 12.8. The third kappa shape index (κ3) is 2.89. The van der Waals surface area contributed by atoms with Crippen molar-refractivity contribution in [3.8, 4) is 11.3 Å². The molecule has 152 valence electrons. The number of carboxylic acids is 1. The van der Waals surface area contributed by atoms with Crippen molar-refractivity contribution >= 4 is 35.6 Å². The molecule has 4 unspecified atom stereocenters. The predicted molar refractivity (Wildman–Crippen MR) is 108 cm³/mol. The van der Waals surface area contributed by atoms with Crippen LogP contribution in [0, 0.1) is 23.7 Å². The van der Waals surface area contributed by atoms with Gasteiger partial charge in [0.15, 0.2) is 0 Å². The molecule has 4 atom stereocenters. The lowest BCUT2D eigenvalue weighted by atomic mass is 9.63. The number of amides is 2. The Hall–Kier alpha value is -3.19. The van der Waals surface area contributed by atoms with Gasteiger partial charge in [0, 0.05) is 5.56 Å². The Balaban J connectivity index is 1.37. The summed E-state index contributed by atoms with van der Waals surface area (Å²) in [4.78, 5) is 36.8. The van der Waals surface area contributed by atoms with Gasteiger partial charge in [-0.05, 0) is 55.0 Å². The van der Waals surface area contributed by atoms with Gasteiger partial charge in [0.1, 0.15) is 11.5 Å². The van der Waals surface area contributed by atoms with E-state index in [0.717, 1.165) is 17.9 Å². The maximum Gasteiger partial charge on any atom is 0.337 e. The molecule has 2 amide bonds. The molecule has 2 heterocycles. The Morgan fingerprint density at radius 3 is 2.37 bits per heavy atom. The van der Waals surface area contributed by atoms with Crippen LogP contribution in [-0.2, 0) is 9.59 Å². The van der Waals surface area contributed by atoms with E-state index < -0.39 is 5.97 Å². The van der Waals surface area contributed by atoms with Crippen molar-refractivity contribution in [1.29, 1.82) is 0 Å². The molecule has 30 heavy (non-hydrogen) atoms. The highest BCUT2D eigenvalue weighted by Gasteiger charge is 2.56. The quantitative estimate of drug-likeness (QED) is 0.456. The first-order chi connectivity index (χ1) is 14.4. The van der Waals surface area contributed by atoms with Crippen molar-refractivity contribution in [1.82, 2.24) is 5.01 Å². The number of allylic oxidation sites excluding steroid dienone is 2. The Morgan fingerprint density at radius 2 is 1.77 bits per heavy atom. The van der Waals surface area contributed by atoms with E-state index in [1.54, 1.807) is 18.2 Å². The number of halogens is 1. The van der Waals surface area contributed by atoms with Gasteiger partial charge in [-0.15, -0.1) is 0 Å². The summed E-state index contributed by atoms with van der Waals surface area (Å²) < 4.78 is 5.70. The number of furan rings is 1. The van der Waals surface area contributed by atoms with Crippen LogP contribution < -0.4 is 0 Å². The predicted octanol–water partition coefficient (Wildman–Crippen LogP) is 3.83. The largest absolute Gasteiger partial charge is 0.478 e. The summed E-state index contributed by atoms with van der Waals surface area (Å²) in [6.45, 7) is 0. The standard InChI is InChI=1S/C22H17ClN2O5/c23-16-7-5-13(9-15(16)22(28)29)17-8-6-14(30-17)10-24-25-20(26)18-11-1-2-12(4-3-11)19(18)21(25)27/h1-2,5-12,18-19H,3-4H2,(H,28,29). The molecule has 0 radical (unpaired) electrons. The van der Waals surface area contributed by atoms with Gasteiger partial charge in [-0.3, -0.25) is 9.59 Å². The lowest BCUT2D eigenvalue weighted by molar-refractivity contribution is -0.140. The topological polar surface area (TPSA) is 100 Å². The van der Waals surface area contributed by atoms with Gasteiger partial charge in [0.05, 0.1) is 28.6 Å². The SMILES string of the molecule is O=C(O)c1cc(-c2ccc(C=NN3C(=O)C4C5C=CC(CC5)C4C3=O)o2)ccc1Cl. The number of rotatable bonds is 4. The summed E-state index contributed by atoms with van der Waals surface area (Å²) in [6, 6.07) is 7.86. The van der Waals surface area contributed by atoms with E-state index in [9.17, 15) is 19.5 Å². The van der Waals surface area contributed by atoms with E-state index >= 15 is 0 Å². The first-order valence-corrected chi connectivity index (χ1v) is 10.0. The number of carboxylic acid groups (broad SMARTS) is 1. The van der Waals surface area contributed by atoms with E-state index in [4.69, 9.17) is 16.0 Å². The zero-order chi connectivity index (χ0) is 21.0. The van der Waals surface area contributed by atoms with Gasteiger partial charge in [0.25, 0.3) is 11.8 Å². The Bertz CT molecular complexity index is 1100. The van der Waals surface area contributed by atoms with Gasteiger partial charge in [0.2, 0.25) is 0 Å². The summed E-state index contributed by atoms with van der Waals surface area (Å²) >= 11 is 5.90. The molecule has 1 aromatic heterocycles. The van der Waals surface area contributed by atoms with Gasteiger partial charge in [-0.2, -0.15) is 10.1 Å². The van der Waals surface area contributed by atoms with Crippen LogP contribution in [0.2, 0.25) is 5.02 Å². The molecule has 2 fully saturated rings. The monoisotopic (exact) mass is 424 g/mol. The second-order valence-electron chi connectivity index (χ2n) is 7.78. The van der Waals surface area contributed by atoms with Crippen LogP contribution in [-0.4, -0.2) is 34.1 Å². The minimum absolute atomic E-state index is 0.0279. The van der Waals surface area contributed by atoms with E-state index in [-0.39, 0.29) is 46.1 Å². The van der Waals surface area contributed by atoms with Crippen LogP contribution in [0.15, 0.2) is 52.0 Å². The van der Waals surface area contributed by atoms with E-state index in [1.165, 1.54) is 18.3 Å². The molecule has 1 N–H and O–H groups in total. The molecule has 1 saturated heterocycles. The van der Waals surface area contributed by atoms with E-state index in [2.05, 4.69) is 17.3 Å². The van der Waals surface area contributed by atoms with Crippen molar-refractivity contribution < 1.29 is 23.9 Å². The number of aromatic carboxylic acids is 1. The average Bonchev–Trinajstić information content (AvgIpc) is 3.32. The van der Waals surface area contributed by atoms with Crippen molar-refractivity contribution in [3.05, 3.63) is 58.8 Å². The number of hydrazone groups is 1. The van der Waals surface area contributed by atoms with Crippen LogP contribution in [0.25, 0.3) is 11.3 Å². The number of hydrogen-bond acceptors (Lipinski definition) is 5. The van der Waals surface area contributed by atoms with Gasteiger partial charge in [-0.1, -0.05) is 23.8 Å². The number of fused-ring (bicyclic) bond motifs is 1. The van der Waals surface area contributed by atoms with Gasteiger partial charge >= 0.3 is 5.97 Å². The van der Waals surface area contributed by atoms with E-state index in [0.29, 0.717) is 17.1 Å². The molecule has 3 aliphatic carbocycles. The number of carbonyl (C=O) groups excluding carboxylic acids is 2. The first kappa shape index (κ1) is 18.8. The molecule has 1 saturated carbocycles. The Labute approximate surface area is 176 Å². The summed E-state index contributed by atoms with van der Waals surface area (Å²) in [5, 5.41) is 14.4. The number of carbonyl (C=O) groups is 3. The summed E-state index contributed by atoms with van der Waals surface area (Å²) in [5.41, 5.74) is 0.512. The minimum atomic E-state index is -1.13. The van der Waals surface area contributed by atoms with Crippen LogP contribution in [0.1, 0.15) is 29.0 Å². The second-order valence-corrected chi connectivity index (χ2v) is 8.18. The van der Waals surface area contributed by atoms with Crippen LogP contribution in [0.4, 0.5) is 0 Å². The number of benzene rings is 1. The highest BCUT2D eigenvalue weighted by atomic mass is 35.5. The van der Waals surface area contributed by atoms with Crippen LogP contribution >= 0.6 is 11.6 Å². The highest BCUT2D eigenvalue weighted by Crippen LogP contribution is 2.49. The number of imide groups is 1. The lowest BCUT2D eigenvalue weighted by Gasteiger charge is -2.37. The number of nitrogens with zero attached hydrogens (tertiary/aromatic N) is 2. The molecule has 2 bridgehead atoms. The first-order valence-electron chi connectivity index (χ1n) is 9.67. The molecular weight excluding hydrogens is 408 g/mol. The minimum Gasteiger partial charge on any atom is -0.478 e. The summed E-state index contributed by atoms with van der Waals surface area (Å²) in [5.74, 6) is -1.28. The number of hydrogen-bond donors (Lipinski definition) is 1. The van der Waals surface area contributed by atoms with Gasteiger partial charge < -0.3 is 9.52 Å². The molecule has 1 aromatic carbocycles. The van der Waals surface area contributed by atoms with Crippen LogP contribution in [0.5, 0.6) is 0 Å². The molecule has 8 heteroatoms. The van der Waals surface area contributed by atoms with Crippen molar-refractivity contribution in [2.75, 3.05) is 0 Å². The summed E-state index contributed by atoms with van der Waals surface area (Å²) in [6.07, 6.45) is 7.31. The molecule has 2 aromatic rings. The molecular formula is C22H17ClN2O5. The molecule has 6 rings (SSSR count).